The van der Waals surface area contributed by atoms with Crippen molar-refractivity contribution in [3.8, 4) is 5.75 Å². The summed E-state index contributed by atoms with van der Waals surface area (Å²) >= 11 is 4.64. The summed E-state index contributed by atoms with van der Waals surface area (Å²) in [5, 5.41) is 12.1. The molecule has 0 radical (unpaired) electrons. The Labute approximate surface area is 76.2 Å². The fourth-order valence-corrected chi connectivity index (χ4v) is 0.993. The molecule has 0 saturated heterocycles. The van der Waals surface area contributed by atoms with Gasteiger partial charge >= 0.3 is 0 Å². The Bertz CT molecular complexity index is 312. The molecule has 1 aromatic carbocycles. The highest BCUT2D eigenvalue weighted by atomic mass is 32.1. The van der Waals surface area contributed by atoms with Crippen LogP contribution in [0.25, 0.3) is 0 Å². The van der Waals surface area contributed by atoms with E-state index < -0.39 is 0 Å². The van der Waals surface area contributed by atoms with E-state index >= 15 is 0 Å². The number of hydrogen-bond acceptors (Lipinski definition) is 2. The number of nitrogens with two attached hydrogens (primary N) is 1. The molecule has 0 amide bonds. The maximum absolute atomic E-state index is 9.31. The first-order valence-corrected chi connectivity index (χ1v) is 3.86. The van der Waals surface area contributed by atoms with E-state index in [-0.39, 0.29) is 10.9 Å². The van der Waals surface area contributed by atoms with Crippen LogP contribution in [0.5, 0.6) is 5.75 Å². The molecule has 0 bridgehead atoms. The molecule has 0 heterocycles. The Morgan fingerprint density at radius 2 is 2.25 bits per heavy atom. The van der Waals surface area contributed by atoms with E-state index in [2.05, 4.69) is 17.5 Å². The summed E-state index contributed by atoms with van der Waals surface area (Å²) in [4.78, 5) is 0. The van der Waals surface area contributed by atoms with E-state index in [1.54, 1.807) is 18.2 Å². The molecule has 0 aliphatic carbocycles. The van der Waals surface area contributed by atoms with Crippen LogP contribution in [0.1, 0.15) is 5.56 Å². The van der Waals surface area contributed by atoms with Crippen LogP contribution in [-0.4, -0.2) is 10.2 Å². The molecule has 4 N–H and O–H groups in total. The number of benzene rings is 1. The number of aryl methyl sites for hydroxylation is 1. The van der Waals surface area contributed by atoms with Crippen molar-refractivity contribution >= 4 is 23.0 Å². The number of anilines is 1. The van der Waals surface area contributed by atoms with Crippen molar-refractivity contribution in [2.24, 2.45) is 5.73 Å². The minimum atomic E-state index is 0.147. The molecule has 3 nitrogen and oxygen atoms in total. The zero-order valence-electron chi connectivity index (χ0n) is 6.66. The van der Waals surface area contributed by atoms with Crippen LogP contribution in [0.2, 0.25) is 0 Å². The minimum absolute atomic E-state index is 0.147. The van der Waals surface area contributed by atoms with E-state index in [9.17, 15) is 5.11 Å². The molecule has 0 aliphatic rings. The summed E-state index contributed by atoms with van der Waals surface area (Å²) in [7, 11) is 0. The summed E-state index contributed by atoms with van der Waals surface area (Å²) in [6.45, 7) is 1.92. The Hall–Kier alpha value is -1.29. The third-order valence-electron chi connectivity index (χ3n) is 1.41. The molecule has 1 aromatic rings. The second kappa shape index (κ2) is 3.40. The first-order valence-electron chi connectivity index (χ1n) is 3.45. The van der Waals surface area contributed by atoms with Crippen molar-refractivity contribution in [3.63, 3.8) is 0 Å². The van der Waals surface area contributed by atoms with Crippen molar-refractivity contribution in [2.75, 3.05) is 5.32 Å². The van der Waals surface area contributed by atoms with Gasteiger partial charge in [-0.2, -0.15) is 0 Å². The van der Waals surface area contributed by atoms with Gasteiger partial charge in [-0.25, -0.2) is 0 Å². The number of phenols is 1. The highest BCUT2D eigenvalue weighted by Crippen LogP contribution is 2.23. The summed E-state index contributed by atoms with van der Waals surface area (Å²) in [6, 6.07) is 5.17. The van der Waals surface area contributed by atoms with Crippen LogP contribution in [-0.2, 0) is 0 Å². The average molecular weight is 182 g/mol. The topological polar surface area (TPSA) is 58.3 Å². The average Bonchev–Trinajstić information content (AvgIpc) is 1.96. The smallest absolute Gasteiger partial charge is 0.168 e. The summed E-state index contributed by atoms with van der Waals surface area (Å²) < 4.78 is 0. The predicted molar refractivity (Wildman–Crippen MR) is 53.3 cm³/mol. The fraction of sp³-hybridized carbons (Fsp3) is 0.125. The minimum Gasteiger partial charge on any atom is -0.506 e. The summed E-state index contributed by atoms with van der Waals surface area (Å²) in [6.07, 6.45) is 0. The predicted octanol–water partition coefficient (Wildman–Crippen LogP) is 1.36. The van der Waals surface area contributed by atoms with Gasteiger partial charge < -0.3 is 16.2 Å². The molecule has 12 heavy (non-hydrogen) atoms. The molecular weight excluding hydrogens is 172 g/mol. The van der Waals surface area contributed by atoms with Gasteiger partial charge in [0.25, 0.3) is 0 Å². The van der Waals surface area contributed by atoms with Gasteiger partial charge in [-0.05, 0) is 36.8 Å². The van der Waals surface area contributed by atoms with E-state index in [0.717, 1.165) is 5.56 Å². The molecule has 1 rings (SSSR count). The maximum atomic E-state index is 9.31. The van der Waals surface area contributed by atoms with Gasteiger partial charge in [-0.15, -0.1) is 0 Å². The van der Waals surface area contributed by atoms with Crippen molar-refractivity contribution < 1.29 is 5.11 Å². The third kappa shape index (κ3) is 2.10. The summed E-state index contributed by atoms with van der Waals surface area (Å²) in [5.41, 5.74) is 6.83. The number of thiocarbonyl (C=S) groups is 1. The molecular formula is C8H10N2OS. The summed E-state index contributed by atoms with van der Waals surface area (Å²) in [5.74, 6) is 0.147. The SMILES string of the molecule is Cc1ccc(O)c(NC(N)=S)c1. The zero-order chi connectivity index (χ0) is 9.14. The maximum Gasteiger partial charge on any atom is 0.168 e. The Balaban J connectivity index is 2.97. The van der Waals surface area contributed by atoms with Crippen molar-refractivity contribution in [3.05, 3.63) is 23.8 Å². The van der Waals surface area contributed by atoms with Gasteiger partial charge in [0.15, 0.2) is 5.11 Å². The molecule has 0 saturated carbocycles. The molecule has 0 aliphatic heterocycles. The Morgan fingerprint density at radius 1 is 1.58 bits per heavy atom. The van der Waals surface area contributed by atoms with Gasteiger partial charge in [-0.1, -0.05) is 6.07 Å². The Kier molecular flexibility index (Phi) is 2.50. The van der Waals surface area contributed by atoms with E-state index in [0.29, 0.717) is 5.69 Å². The molecule has 64 valence electrons. The van der Waals surface area contributed by atoms with Crippen LogP contribution < -0.4 is 11.1 Å². The van der Waals surface area contributed by atoms with E-state index in [1.807, 2.05) is 6.92 Å². The largest absolute Gasteiger partial charge is 0.506 e. The molecule has 0 atom stereocenters. The molecule has 0 unspecified atom stereocenters. The first-order chi connectivity index (χ1) is 5.59. The van der Waals surface area contributed by atoms with Crippen molar-refractivity contribution in [1.29, 1.82) is 0 Å². The lowest BCUT2D eigenvalue weighted by Gasteiger charge is -2.06. The standard InChI is InChI=1S/C8H10N2OS/c1-5-2-3-7(11)6(4-5)10-8(9)12/h2-4,11H,1H3,(H3,9,10,12). The monoisotopic (exact) mass is 182 g/mol. The van der Waals surface area contributed by atoms with E-state index in [4.69, 9.17) is 5.73 Å². The molecule has 0 spiro atoms. The van der Waals surface area contributed by atoms with Crippen LogP contribution in [0.15, 0.2) is 18.2 Å². The highest BCUT2D eigenvalue weighted by Gasteiger charge is 2.00. The lowest BCUT2D eigenvalue weighted by Crippen LogP contribution is -2.18. The van der Waals surface area contributed by atoms with Crippen LogP contribution in [0.3, 0.4) is 0 Å². The molecule has 0 aromatic heterocycles. The fourth-order valence-electron chi connectivity index (χ4n) is 0.883. The quantitative estimate of drug-likeness (QED) is 0.453. The van der Waals surface area contributed by atoms with Crippen LogP contribution >= 0.6 is 12.2 Å². The number of nitrogens with one attached hydrogen (secondary N) is 1. The lowest BCUT2D eigenvalue weighted by molar-refractivity contribution is 0.477. The third-order valence-corrected chi connectivity index (χ3v) is 1.51. The van der Waals surface area contributed by atoms with Gasteiger partial charge in [-0.3, -0.25) is 0 Å². The zero-order valence-corrected chi connectivity index (χ0v) is 7.48. The molecule has 4 heteroatoms. The highest BCUT2D eigenvalue weighted by molar-refractivity contribution is 7.80. The second-order valence-corrected chi connectivity index (χ2v) is 2.95. The number of aromatic hydroxyl groups is 1. The molecule has 0 fully saturated rings. The lowest BCUT2D eigenvalue weighted by atomic mass is 10.2. The number of hydrogen-bond donors (Lipinski definition) is 3. The number of rotatable bonds is 1. The van der Waals surface area contributed by atoms with Crippen LogP contribution in [0.4, 0.5) is 5.69 Å². The van der Waals surface area contributed by atoms with Gasteiger partial charge in [0.1, 0.15) is 5.75 Å². The van der Waals surface area contributed by atoms with Crippen molar-refractivity contribution in [1.82, 2.24) is 0 Å². The van der Waals surface area contributed by atoms with E-state index in [1.165, 1.54) is 0 Å². The number of phenolic OH excluding ortho intramolecular Hbond substituents is 1. The van der Waals surface area contributed by atoms with Gasteiger partial charge in [0, 0.05) is 0 Å². The first kappa shape index (κ1) is 8.80. The van der Waals surface area contributed by atoms with Crippen LogP contribution in [0, 0.1) is 6.92 Å². The second-order valence-electron chi connectivity index (χ2n) is 2.51. The van der Waals surface area contributed by atoms with Gasteiger partial charge in [0.2, 0.25) is 0 Å². The van der Waals surface area contributed by atoms with Crippen molar-refractivity contribution in [2.45, 2.75) is 6.92 Å². The van der Waals surface area contributed by atoms with Gasteiger partial charge in [0.05, 0.1) is 5.69 Å². The normalized spacial score (nSPS) is 9.42. The Morgan fingerprint density at radius 3 is 2.83 bits per heavy atom.